The van der Waals surface area contributed by atoms with Crippen LogP contribution in [0.3, 0.4) is 0 Å². The van der Waals surface area contributed by atoms with Gasteiger partial charge in [0.05, 0.1) is 13.7 Å². The minimum Gasteiger partial charge on any atom is -0.497 e. The minimum absolute atomic E-state index is 0.272. The van der Waals surface area contributed by atoms with E-state index < -0.39 is 6.09 Å². The van der Waals surface area contributed by atoms with Gasteiger partial charge in [0, 0.05) is 4.86 Å². The molecule has 1 aromatic rings. The number of rotatable bonds is 5. The Morgan fingerprint density at radius 3 is 2.56 bits per heavy atom. The lowest BCUT2D eigenvalue weighted by molar-refractivity contribution is 0.190. The van der Waals surface area contributed by atoms with Crippen molar-refractivity contribution in [2.45, 2.75) is 0 Å². The van der Waals surface area contributed by atoms with E-state index in [1.807, 2.05) is 17.6 Å². The van der Waals surface area contributed by atoms with Crippen molar-refractivity contribution in [3.8, 4) is 5.75 Å². The van der Waals surface area contributed by atoms with E-state index in [-0.39, 0.29) is 6.54 Å². The van der Waals surface area contributed by atoms with Gasteiger partial charge in [-0.05, 0) is 17.7 Å². The smallest absolute Gasteiger partial charge is 0.419 e. The highest BCUT2D eigenvalue weighted by Crippen LogP contribution is 2.11. The maximum absolute atomic E-state index is 10.2. The Kier molecular flexibility index (Phi) is 4.68. The van der Waals surface area contributed by atoms with Crippen LogP contribution in [-0.4, -0.2) is 29.7 Å². The number of methoxy groups -OCH3 is 1. The molecule has 0 aliphatic carbocycles. The highest BCUT2D eigenvalue weighted by Gasteiger charge is 2.01. The Hall–Kier alpha value is -1.66. The number of hydrogen-bond donors (Lipinski definition) is 3. The maximum Gasteiger partial charge on any atom is 0.419 e. The zero-order valence-corrected chi connectivity index (χ0v) is 9.50. The second-order valence-electron chi connectivity index (χ2n) is 2.94. The van der Waals surface area contributed by atoms with E-state index in [1.54, 1.807) is 19.2 Å². The molecule has 1 amide bonds. The number of benzene rings is 1. The number of nitrogens with one attached hydrogen (secondary N) is 2. The number of thiocarbonyl (C=S) groups is 1. The summed E-state index contributed by atoms with van der Waals surface area (Å²) < 4.78 is 5.01. The van der Waals surface area contributed by atoms with Gasteiger partial charge in [-0.25, -0.2) is 10.2 Å². The summed E-state index contributed by atoms with van der Waals surface area (Å²) in [6, 6.07) is 7.24. The van der Waals surface area contributed by atoms with Crippen molar-refractivity contribution in [2.24, 2.45) is 0 Å². The number of hydrogen-bond acceptors (Lipinski definition) is 4. The van der Waals surface area contributed by atoms with E-state index >= 15 is 0 Å². The molecule has 0 aromatic heterocycles. The number of carbonyl (C=O) groups is 1. The molecule has 86 valence electrons. The molecule has 16 heavy (non-hydrogen) atoms. The summed E-state index contributed by atoms with van der Waals surface area (Å²) in [7, 11) is 1.59. The van der Waals surface area contributed by atoms with Crippen LogP contribution in [0.15, 0.2) is 24.3 Å². The number of amides is 1. The lowest BCUT2D eigenvalue weighted by atomic mass is 10.1. The van der Waals surface area contributed by atoms with Gasteiger partial charge in [0.15, 0.2) is 0 Å². The van der Waals surface area contributed by atoms with Crippen LogP contribution in [0.4, 0.5) is 4.79 Å². The second kappa shape index (κ2) is 6.04. The summed E-state index contributed by atoms with van der Waals surface area (Å²) in [5, 5.41) is 8.33. The fourth-order valence-corrected chi connectivity index (χ4v) is 1.29. The summed E-state index contributed by atoms with van der Waals surface area (Å²) in [4.78, 5) is 10.8. The molecule has 5 nitrogen and oxygen atoms in total. The zero-order valence-electron chi connectivity index (χ0n) is 8.69. The molecule has 3 N–H and O–H groups in total. The number of hydrazine groups is 1. The molecule has 1 aromatic carbocycles. The third-order valence-corrected chi connectivity index (χ3v) is 2.24. The van der Waals surface area contributed by atoms with E-state index in [9.17, 15) is 4.79 Å². The first-order chi connectivity index (χ1) is 7.63. The first-order valence-electron chi connectivity index (χ1n) is 4.52. The van der Waals surface area contributed by atoms with Crippen LogP contribution in [-0.2, 0) is 0 Å². The van der Waals surface area contributed by atoms with Crippen molar-refractivity contribution in [3.63, 3.8) is 0 Å². The Morgan fingerprint density at radius 1 is 1.44 bits per heavy atom. The lowest BCUT2D eigenvalue weighted by Crippen LogP contribution is -2.39. The second-order valence-corrected chi connectivity index (χ2v) is 3.43. The van der Waals surface area contributed by atoms with Crippen molar-refractivity contribution >= 4 is 23.2 Å². The van der Waals surface area contributed by atoms with Gasteiger partial charge in [-0.1, -0.05) is 24.4 Å². The van der Waals surface area contributed by atoms with Gasteiger partial charge in [0.1, 0.15) is 5.75 Å². The fourth-order valence-electron chi connectivity index (χ4n) is 1.08. The SMILES string of the molecule is COc1ccc(C(=S)CNNC(=O)O)cc1. The van der Waals surface area contributed by atoms with Crippen LogP contribution < -0.4 is 15.6 Å². The molecule has 0 aliphatic heterocycles. The molecule has 0 atom stereocenters. The van der Waals surface area contributed by atoms with Gasteiger partial charge in [0.2, 0.25) is 0 Å². The quantitative estimate of drug-likeness (QED) is 0.409. The topological polar surface area (TPSA) is 70.6 Å². The van der Waals surface area contributed by atoms with E-state index in [0.717, 1.165) is 11.3 Å². The lowest BCUT2D eigenvalue weighted by Gasteiger charge is -2.06. The zero-order chi connectivity index (χ0) is 12.0. The summed E-state index contributed by atoms with van der Waals surface area (Å²) in [6.07, 6.45) is -1.14. The minimum atomic E-state index is -1.14. The van der Waals surface area contributed by atoms with Crippen LogP contribution in [0, 0.1) is 0 Å². The molecule has 0 heterocycles. The molecule has 0 saturated carbocycles. The van der Waals surface area contributed by atoms with Gasteiger partial charge >= 0.3 is 6.09 Å². The van der Waals surface area contributed by atoms with E-state index in [1.165, 1.54) is 0 Å². The van der Waals surface area contributed by atoms with Crippen LogP contribution in [0.2, 0.25) is 0 Å². The molecule has 0 bridgehead atoms. The molecule has 0 radical (unpaired) electrons. The summed E-state index contributed by atoms with van der Waals surface area (Å²) in [5.74, 6) is 0.753. The van der Waals surface area contributed by atoms with Crippen molar-refractivity contribution in [1.82, 2.24) is 10.9 Å². The standard InChI is InChI=1S/C10H12N2O3S/c1-15-8-4-2-7(3-5-8)9(16)6-11-12-10(13)14/h2-5,11-12H,6H2,1H3,(H,13,14). The molecular formula is C10H12N2O3S. The molecule has 0 unspecified atom stereocenters. The average molecular weight is 240 g/mol. The molecule has 1 rings (SSSR count). The first-order valence-corrected chi connectivity index (χ1v) is 4.93. The molecule has 0 fully saturated rings. The van der Waals surface area contributed by atoms with Gasteiger partial charge < -0.3 is 9.84 Å². The Balaban J connectivity index is 2.49. The van der Waals surface area contributed by atoms with Crippen LogP contribution in [0.1, 0.15) is 5.56 Å². The van der Waals surface area contributed by atoms with Gasteiger partial charge in [0.25, 0.3) is 0 Å². The third-order valence-electron chi connectivity index (χ3n) is 1.86. The predicted molar refractivity (Wildman–Crippen MR) is 63.9 cm³/mol. The van der Waals surface area contributed by atoms with E-state index in [4.69, 9.17) is 22.1 Å². The van der Waals surface area contributed by atoms with Crippen LogP contribution >= 0.6 is 12.2 Å². The molecule has 0 aliphatic rings. The monoisotopic (exact) mass is 240 g/mol. The predicted octanol–water partition coefficient (Wildman–Crippen LogP) is 1.19. The Morgan fingerprint density at radius 2 is 2.06 bits per heavy atom. The molecular weight excluding hydrogens is 228 g/mol. The van der Waals surface area contributed by atoms with Gasteiger partial charge in [-0.2, -0.15) is 0 Å². The fraction of sp³-hybridized carbons (Fsp3) is 0.200. The average Bonchev–Trinajstić information content (AvgIpc) is 2.28. The molecule has 6 heteroatoms. The first kappa shape index (κ1) is 12.4. The van der Waals surface area contributed by atoms with E-state index in [2.05, 4.69) is 5.43 Å². The highest BCUT2D eigenvalue weighted by molar-refractivity contribution is 7.80. The Bertz CT molecular complexity index is 378. The van der Waals surface area contributed by atoms with Crippen molar-refractivity contribution < 1.29 is 14.6 Å². The summed E-state index contributed by atoms with van der Waals surface area (Å²) in [6.45, 7) is 0.272. The van der Waals surface area contributed by atoms with Gasteiger partial charge in [-0.3, -0.25) is 5.43 Å². The van der Waals surface area contributed by atoms with Crippen molar-refractivity contribution in [2.75, 3.05) is 13.7 Å². The molecule has 0 spiro atoms. The summed E-state index contributed by atoms with van der Waals surface area (Å²) >= 11 is 5.12. The Labute approximate surface area is 98.4 Å². The van der Waals surface area contributed by atoms with Gasteiger partial charge in [-0.15, -0.1) is 0 Å². The van der Waals surface area contributed by atoms with Crippen molar-refractivity contribution in [3.05, 3.63) is 29.8 Å². The van der Waals surface area contributed by atoms with E-state index in [0.29, 0.717) is 4.86 Å². The normalized spacial score (nSPS) is 9.56. The largest absolute Gasteiger partial charge is 0.497 e. The van der Waals surface area contributed by atoms with Crippen molar-refractivity contribution in [1.29, 1.82) is 0 Å². The third kappa shape index (κ3) is 3.84. The van der Waals surface area contributed by atoms with Crippen LogP contribution in [0.25, 0.3) is 0 Å². The number of carboxylic acid groups (broad SMARTS) is 1. The highest BCUT2D eigenvalue weighted by atomic mass is 32.1. The summed E-state index contributed by atoms with van der Waals surface area (Å²) in [5.41, 5.74) is 5.37. The van der Waals surface area contributed by atoms with Crippen LogP contribution in [0.5, 0.6) is 5.75 Å². The molecule has 0 saturated heterocycles. The number of ether oxygens (including phenoxy) is 1. The maximum atomic E-state index is 10.2.